The second-order valence-corrected chi connectivity index (χ2v) is 7.38. The summed E-state index contributed by atoms with van der Waals surface area (Å²) in [5.41, 5.74) is 4.61. The molecule has 0 unspecified atom stereocenters. The van der Waals surface area contributed by atoms with E-state index in [-0.39, 0.29) is 5.91 Å². The number of thiazole rings is 1. The van der Waals surface area contributed by atoms with E-state index >= 15 is 0 Å². The Bertz CT molecular complexity index is 918. The maximum absolute atomic E-state index is 12.5. The maximum atomic E-state index is 12.5. The van der Waals surface area contributed by atoms with Crippen molar-refractivity contribution < 1.29 is 4.79 Å². The molecular weight excluding hydrogens is 318 g/mol. The molecule has 0 fully saturated rings. The van der Waals surface area contributed by atoms with E-state index in [1.54, 1.807) is 0 Å². The number of para-hydroxylation sites is 1. The summed E-state index contributed by atoms with van der Waals surface area (Å²) < 4.78 is 1.10. The van der Waals surface area contributed by atoms with Crippen molar-refractivity contribution in [3.8, 4) is 0 Å². The number of nitrogens with one attached hydrogen (secondary N) is 1. The highest BCUT2D eigenvalue weighted by molar-refractivity contribution is 7.22. The number of aromatic nitrogens is 1. The number of hydrogen-bond donors (Lipinski definition) is 1. The predicted molar refractivity (Wildman–Crippen MR) is 99.9 cm³/mol. The lowest BCUT2D eigenvalue weighted by atomic mass is 10.1. The molecule has 2 aromatic carbocycles. The zero-order valence-corrected chi connectivity index (χ0v) is 14.6. The van der Waals surface area contributed by atoms with Crippen LogP contribution in [-0.2, 0) is 11.2 Å². The SMILES string of the molecule is Cc1ccc2nc(NC(=O)CN3c4ccccc4C[C@H]3C)sc2c1. The number of anilines is 2. The lowest BCUT2D eigenvalue weighted by Gasteiger charge is -2.23. The van der Waals surface area contributed by atoms with Crippen LogP contribution in [0.25, 0.3) is 10.2 Å². The van der Waals surface area contributed by atoms with E-state index in [1.165, 1.54) is 28.2 Å². The second-order valence-electron chi connectivity index (χ2n) is 6.35. The highest BCUT2D eigenvalue weighted by Gasteiger charge is 2.27. The van der Waals surface area contributed by atoms with Crippen LogP contribution in [0.2, 0.25) is 0 Å². The number of aryl methyl sites for hydroxylation is 1. The first-order valence-corrected chi connectivity index (χ1v) is 8.93. The van der Waals surface area contributed by atoms with Gasteiger partial charge >= 0.3 is 0 Å². The van der Waals surface area contributed by atoms with Crippen molar-refractivity contribution in [3.05, 3.63) is 53.6 Å². The molecule has 1 aliphatic rings. The van der Waals surface area contributed by atoms with Crippen molar-refractivity contribution >= 4 is 38.3 Å². The van der Waals surface area contributed by atoms with Crippen LogP contribution in [0.3, 0.4) is 0 Å². The van der Waals surface area contributed by atoms with Gasteiger partial charge in [0.1, 0.15) is 0 Å². The first kappa shape index (κ1) is 15.1. The molecule has 1 aromatic heterocycles. The Kier molecular flexibility index (Phi) is 3.73. The number of fused-ring (bicyclic) bond motifs is 2. The Morgan fingerprint density at radius 2 is 2.17 bits per heavy atom. The van der Waals surface area contributed by atoms with Crippen LogP contribution >= 0.6 is 11.3 Å². The fourth-order valence-electron chi connectivity index (χ4n) is 3.27. The molecule has 0 saturated carbocycles. The lowest BCUT2D eigenvalue weighted by Crippen LogP contribution is -2.37. The van der Waals surface area contributed by atoms with E-state index in [4.69, 9.17) is 0 Å². The lowest BCUT2D eigenvalue weighted by molar-refractivity contribution is -0.115. The largest absolute Gasteiger partial charge is 0.359 e. The highest BCUT2D eigenvalue weighted by atomic mass is 32.1. The van der Waals surface area contributed by atoms with E-state index in [1.807, 2.05) is 18.2 Å². The Labute approximate surface area is 145 Å². The molecular formula is C19H19N3OS. The van der Waals surface area contributed by atoms with Gasteiger partial charge in [0.2, 0.25) is 5.91 Å². The second kappa shape index (κ2) is 5.91. The smallest absolute Gasteiger partial charge is 0.245 e. The van der Waals surface area contributed by atoms with Crippen molar-refractivity contribution in [2.24, 2.45) is 0 Å². The van der Waals surface area contributed by atoms with Gasteiger partial charge in [-0.25, -0.2) is 4.98 Å². The fourth-order valence-corrected chi connectivity index (χ4v) is 4.25. The summed E-state index contributed by atoms with van der Waals surface area (Å²) in [7, 11) is 0. The number of carbonyl (C=O) groups excluding carboxylic acids is 1. The van der Waals surface area contributed by atoms with Gasteiger partial charge in [-0.05, 0) is 49.6 Å². The summed E-state index contributed by atoms with van der Waals surface area (Å²) in [6.45, 7) is 4.57. The van der Waals surface area contributed by atoms with Gasteiger partial charge in [-0.15, -0.1) is 0 Å². The average Bonchev–Trinajstić information content (AvgIpc) is 3.07. The van der Waals surface area contributed by atoms with Crippen LogP contribution in [-0.4, -0.2) is 23.5 Å². The van der Waals surface area contributed by atoms with Crippen LogP contribution in [0.1, 0.15) is 18.1 Å². The molecule has 1 atom stereocenters. The van der Waals surface area contributed by atoms with Crippen LogP contribution in [0.15, 0.2) is 42.5 Å². The van der Waals surface area contributed by atoms with Crippen LogP contribution in [0.4, 0.5) is 10.8 Å². The van der Waals surface area contributed by atoms with E-state index < -0.39 is 0 Å². The minimum absolute atomic E-state index is 0.0191. The Morgan fingerprint density at radius 3 is 3.04 bits per heavy atom. The third-order valence-electron chi connectivity index (χ3n) is 4.45. The molecule has 0 bridgehead atoms. The van der Waals surface area contributed by atoms with Crippen LogP contribution in [0, 0.1) is 6.92 Å². The quantitative estimate of drug-likeness (QED) is 0.786. The maximum Gasteiger partial charge on any atom is 0.245 e. The molecule has 24 heavy (non-hydrogen) atoms. The molecule has 3 aromatic rings. The highest BCUT2D eigenvalue weighted by Crippen LogP contribution is 2.32. The van der Waals surface area contributed by atoms with E-state index in [2.05, 4.69) is 53.3 Å². The van der Waals surface area contributed by atoms with Crippen molar-refractivity contribution in [2.45, 2.75) is 26.3 Å². The summed E-state index contributed by atoms with van der Waals surface area (Å²) in [5, 5.41) is 3.62. The number of nitrogens with zero attached hydrogens (tertiary/aromatic N) is 2. The molecule has 4 nitrogen and oxygen atoms in total. The molecule has 0 saturated heterocycles. The minimum Gasteiger partial charge on any atom is -0.359 e. The number of rotatable bonds is 3. The van der Waals surface area contributed by atoms with E-state index in [0.29, 0.717) is 17.7 Å². The molecule has 1 aliphatic heterocycles. The van der Waals surface area contributed by atoms with Crippen molar-refractivity contribution in [1.82, 2.24) is 4.98 Å². The van der Waals surface area contributed by atoms with E-state index in [9.17, 15) is 4.79 Å². The third-order valence-corrected chi connectivity index (χ3v) is 5.39. The Balaban J connectivity index is 1.50. The first-order chi connectivity index (χ1) is 11.6. The molecule has 122 valence electrons. The number of benzene rings is 2. The third kappa shape index (κ3) is 2.76. The van der Waals surface area contributed by atoms with E-state index in [0.717, 1.165) is 16.6 Å². The molecule has 0 aliphatic carbocycles. The normalized spacial score (nSPS) is 16.4. The minimum atomic E-state index is -0.0191. The molecule has 5 heteroatoms. The monoisotopic (exact) mass is 337 g/mol. The molecule has 0 radical (unpaired) electrons. The topological polar surface area (TPSA) is 45.2 Å². The zero-order valence-electron chi connectivity index (χ0n) is 13.7. The summed E-state index contributed by atoms with van der Waals surface area (Å²) in [5.74, 6) is -0.0191. The summed E-state index contributed by atoms with van der Waals surface area (Å²) in [4.78, 5) is 19.1. The van der Waals surface area contributed by atoms with Gasteiger partial charge in [-0.2, -0.15) is 0 Å². The first-order valence-electron chi connectivity index (χ1n) is 8.12. The summed E-state index contributed by atoms with van der Waals surface area (Å²) in [6, 6.07) is 14.8. The Morgan fingerprint density at radius 1 is 1.33 bits per heavy atom. The van der Waals surface area contributed by atoms with Crippen LogP contribution < -0.4 is 10.2 Å². The van der Waals surface area contributed by atoms with Gasteiger partial charge in [-0.1, -0.05) is 35.6 Å². The molecule has 4 rings (SSSR count). The van der Waals surface area contributed by atoms with Gasteiger partial charge in [0.05, 0.1) is 16.8 Å². The van der Waals surface area contributed by atoms with Crippen LogP contribution in [0.5, 0.6) is 0 Å². The predicted octanol–water partition coefficient (Wildman–Crippen LogP) is 3.99. The van der Waals surface area contributed by atoms with Gasteiger partial charge in [0.25, 0.3) is 0 Å². The van der Waals surface area contributed by atoms with Gasteiger partial charge in [0, 0.05) is 11.7 Å². The summed E-state index contributed by atoms with van der Waals surface area (Å²) in [6.07, 6.45) is 0.990. The van der Waals surface area contributed by atoms with Crippen molar-refractivity contribution in [3.63, 3.8) is 0 Å². The molecule has 0 spiro atoms. The summed E-state index contributed by atoms with van der Waals surface area (Å²) >= 11 is 1.52. The number of hydrogen-bond acceptors (Lipinski definition) is 4. The molecule has 1 N–H and O–H groups in total. The fraction of sp³-hybridized carbons (Fsp3) is 0.263. The average molecular weight is 337 g/mol. The zero-order chi connectivity index (χ0) is 16.7. The molecule has 1 amide bonds. The van der Waals surface area contributed by atoms with Crippen molar-refractivity contribution in [2.75, 3.05) is 16.8 Å². The number of amides is 1. The van der Waals surface area contributed by atoms with Gasteiger partial charge < -0.3 is 10.2 Å². The van der Waals surface area contributed by atoms with Gasteiger partial charge in [-0.3, -0.25) is 4.79 Å². The molecule has 2 heterocycles. The van der Waals surface area contributed by atoms with Crippen molar-refractivity contribution in [1.29, 1.82) is 0 Å². The Hall–Kier alpha value is -2.40. The van der Waals surface area contributed by atoms with Gasteiger partial charge in [0.15, 0.2) is 5.13 Å². The number of carbonyl (C=O) groups is 1. The standard InChI is InChI=1S/C19H19N3OS/c1-12-7-8-15-17(9-12)24-19(20-15)21-18(23)11-22-13(2)10-14-5-3-4-6-16(14)22/h3-9,13H,10-11H2,1-2H3,(H,20,21,23)/t13-/m1/s1.